The summed E-state index contributed by atoms with van der Waals surface area (Å²) in [6.45, 7) is 4.01. The normalized spacial score (nSPS) is 10.6. The van der Waals surface area contributed by atoms with Crippen LogP contribution in [0.1, 0.15) is 32.6 Å². The van der Waals surface area contributed by atoms with Gasteiger partial charge in [-0.3, -0.25) is 20.4 Å². The fourth-order valence-electron chi connectivity index (χ4n) is 2.33. The molecule has 0 bridgehead atoms. The van der Waals surface area contributed by atoms with Crippen LogP contribution in [-0.4, -0.2) is 26.0 Å². The smallest absolute Gasteiger partial charge is 0.279 e. The summed E-state index contributed by atoms with van der Waals surface area (Å²) in [6, 6.07) is 7.10. The van der Waals surface area contributed by atoms with Crippen molar-refractivity contribution in [2.75, 3.05) is 14.2 Å². The zero-order valence-electron chi connectivity index (χ0n) is 15.2. The summed E-state index contributed by atoms with van der Waals surface area (Å²) in [5, 5.41) is 0. The van der Waals surface area contributed by atoms with Gasteiger partial charge in [-0.05, 0) is 43.2 Å². The summed E-state index contributed by atoms with van der Waals surface area (Å²) in [4.78, 5) is 25.8. The van der Waals surface area contributed by atoms with Gasteiger partial charge in [-0.25, -0.2) is 0 Å². The Kier molecular flexibility index (Phi) is 6.80. The van der Waals surface area contributed by atoms with Crippen molar-refractivity contribution >= 4 is 29.2 Å². The Balaban J connectivity index is 1.96. The predicted molar refractivity (Wildman–Crippen MR) is 103 cm³/mol. The van der Waals surface area contributed by atoms with Crippen molar-refractivity contribution in [2.24, 2.45) is 0 Å². The van der Waals surface area contributed by atoms with E-state index in [2.05, 4.69) is 10.9 Å². The van der Waals surface area contributed by atoms with Gasteiger partial charge in [-0.1, -0.05) is 6.92 Å². The molecule has 2 N–H and O–H groups in total. The monoisotopic (exact) mass is 374 g/mol. The molecule has 1 heterocycles. The molecule has 6 nitrogen and oxygen atoms in total. The Morgan fingerprint density at radius 2 is 1.92 bits per heavy atom. The Labute approximate surface area is 156 Å². The molecule has 0 aliphatic carbocycles. The van der Waals surface area contributed by atoms with E-state index in [1.54, 1.807) is 38.5 Å². The van der Waals surface area contributed by atoms with Gasteiger partial charge in [0.15, 0.2) is 0 Å². The van der Waals surface area contributed by atoms with E-state index >= 15 is 0 Å². The number of hydrogen-bond acceptors (Lipinski definition) is 5. The topological polar surface area (TPSA) is 76.7 Å². The molecule has 2 rings (SSSR count). The molecule has 0 spiro atoms. The molecule has 26 heavy (non-hydrogen) atoms. The number of thiophene rings is 1. The molecular weight excluding hydrogens is 352 g/mol. The maximum Gasteiger partial charge on any atom is 0.279 e. The van der Waals surface area contributed by atoms with Crippen molar-refractivity contribution in [1.29, 1.82) is 0 Å². The Hall–Kier alpha value is -2.80. The Morgan fingerprint density at radius 1 is 1.15 bits per heavy atom. The number of amides is 2. The molecule has 0 aliphatic rings. The van der Waals surface area contributed by atoms with Crippen LogP contribution in [0.15, 0.2) is 30.3 Å². The third-order valence-corrected chi connectivity index (χ3v) is 5.10. The first-order valence-corrected chi connectivity index (χ1v) is 8.89. The number of methoxy groups -OCH3 is 2. The van der Waals surface area contributed by atoms with Crippen LogP contribution in [0.25, 0.3) is 6.08 Å². The number of ether oxygens (including phenoxy) is 2. The van der Waals surface area contributed by atoms with E-state index < -0.39 is 5.91 Å². The lowest BCUT2D eigenvalue weighted by Crippen LogP contribution is -2.40. The molecule has 0 fully saturated rings. The standard InChI is InChI=1S/C19H22N2O4S/c1-5-16-12(2)10-17(26-16)19(23)21-20-18(22)9-7-13-6-8-14(24-3)11-15(13)25-4/h6-11H,5H2,1-4H3,(H,20,22)(H,21,23)/b9-7+. The SMILES string of the molecule is CCc1sc(C(=O)NNC(=O)/C=C/c2ccc(OC)cc2OC)cc1C. The van der Waals surface area contributed by atoms with Crippen LogP contribution in [0, 0.1) is 6.92 Å². The van der Waals surface area contributed by atoms with Crippen molar-refractivity contribution in [2.45, 2.75) is 20.3 Å². The molecule has 0 radical (unpaired) electrons. The van der Waals surface area contributed by atoms with Crippen LogP contribution < -0.4 is 20.3 Å². The largest absolute Gasteiger partial charge is 0.497 e. The van der Waals surface area contributed by atoms with Gasteiger partial charge in [-0.15, -0.1) is 11.3 Å². The number of hydrazine groups is 1. The molecule has 1 aromatic heterocycles. The minimum absolute atomic E-state index is 0.332. The van der Waals surface area contributed by atoms with Gasteiger partial charge < -0.3 is 9.47 Å². The lowest BCUT2D eigenvalue weighted by molar-refractivity contribution is -0.117. The van der Waals surface area contributed by atoms with Crippen LogP contribution in [0.4, 0.5) is 0 Å². The predicted octanol–water partition coefficient (Wildman–Crippen LogP) is 3.11. The first kappa shape index (κ1) is 19.5. The highest BCUT2D eigenvalue weighted by atomic mass is 32.1. The molecule has 2 amide bonds. The van der Waals surface area contributed by atoms with Crippen molar-refractivity contribution in [3.8, 4) is 11.5 Å². The van der Waals surface area contributed by atoms with Gasteiger partial charge >= 0.3 is 0 Å². The zero-order valence-corrected chi connectivity index (χ0v) is 16.0. The number of carbonyl (C=O) groups is 2. The molecule has 0 saturated carbocycles. The second-order valence-electron chi connectivity index (χ2n) is 5.45. The van der Waals surface area contributed by atoms with E-state index in [4.69, 9.17) is 9.47 Å². The number of hydrogen-bond donors (Lipinski definition) is 2. The minimum Gasteiger partial charge on any atom is -0.497 e. The van der Waals surface area contributed by atoms with E-state index in [9.17, 15) is 9.59 Å². The van der Waals surface area contributed by atoms with Crippen LogP contribution in [0.2, 0.25) is 0 Å². The maximum atomic E-state index is 12.1. The molecule has 1 aromatic carbocycles. The lowest BCUT2D eigenvalue weighted by atomic mass is 10.1. The summed E-state index contributed by atoms with van der Waals surface area (Å²) in [5.74, 6) is 0.466. The first-order valence-electron chi connectivity index (χ1n) is 8.08. The molecule has 7 heteroatoms. The van der Waals surface area contributed by atoms with Gasteiger partial charge in [-0.2, -0.15) is 0 Å². The summed E-state index contributed by atoms with van der Waals surface area (Å²) in [5.41, 5.74) is 6.59. The highest BCUT2D eigenvalue weighted by molar-refractivity contribution is 7.14. The fourth-order valence-corrected chi connectivity index (χ4v) is 3.34. The Bertz CT molecular complexity index is 827. The van der Waals surface area contributed by atoms with Gasteiger partial charge in [0.1, 0.15) is 11.5 Å². The lowest BCUT2D eigenvalue weighted by Gasteiger charge is -2.07. The zero-order chi connectivity index (χ0) is 19.1. The van der Waals surface area contributed by atoms with E-state index in [1.807, 2.05) is 19.9 Å². The van der Waals surface area contributed by atoms with Crippen molar-refractivity contribution in [3.63, 3.8) is 0 Å². The van der Waals surface area contributed by atoms with Crippen LogP contribution >= 0.6 is 11.3 Å². The third kappa shape index (κ3) is 4.86. The molecular formula is C19H22N2O4S. The highest BCUT2D eigenvalue weighted by Crippen LogP contribution is 2.25. The molecule has 0 saturated heterocycles. The van der Waals surface area contributed by atoms with Crippen molar-refractivity contribution in [3.05, 3.63) is 51.2 Å². The summed E-state index contributed by atoms with van der Waals surface area (Å²) in [6.07, 6.45) is 3.80. The first-order chi connectivity index (χ1) is 12.5. The van der Waals surface area contributed by atoms with Crippen molar-refractivity contribution in [1.82, 2.24) is 10.9 Å². The van der Waals surface area contributed by atoms with Gasteiger partial charge in [0.25, 0.3) is 11.8 Å². The number of benzene rings is 1. The summed E-state index contributed by atoms with van der Waals surface area (Å²) >= 11 is 1.43. The molecule has 2 aromatic rings. The minimum atomic E-state index is -0.444. The van der Waals surface area contributed by atoms with Crippen molar-refractivity contribution < 1.29 is 19.1 Å². The summed E-state index contributed by atoms with van der Waals surface area (Å²) < 4.78 is 10.4. The second-order valence-corrected chi connectivity index (χ2v) is 6.59. The second kappa shape index (κ2) is 9.05. The van der Waals surface area contributed by atoms with Crippen LogP contribution in [-0.2, 0) is 11.2 Å². The van der Waals surface area contributed by atoms with E-state index in [0.717, 1.165) is 22.4 Å². The number of carbonyl (C=O) groups excluding carboxylic acids is 2. The van der Waals surface area contributed by atoms with E-state index in [0.29, 0.717) is 16.4 Å². The third-order valence-electron chi connectivity index (χ3n) is 3.72. The maximum absolute atomic E-state index is 12.1. The van der Waals surface area contributed by atoms with Crippen LogP contribution in [0.5, 0.6) is 11.5 Å². The van der Waals surface area contributed by atoms with E-state index in [-0.39, 0.29) is 5.91 Å². The number of aryl methyl sites for hydroxylation is 2. The highest BCUT2D eigenvalue weighted by Gasteiger charge is 2.12. The quantitative estimate of drug-likeness (QED) is 0.602. The average Bonchev–Trinajstić information content (AvgIpc) is 3.05. The van der Waals surface area contributed by atoms with Gasteiger partial charge in [0.05, 0.1) is 19.1 Å². The average molecular weight is 374 g/mol. The van der Waals surface area contributed by atoms with E-state index in [1.165, 1.54) is 17.4 Å². The van der Waals surface area contributed by atoms with Gasteiger partial charge in [0.2, 0.25) is 0 Å². The molecule has 0 atom stereocenters. The fraction of sp³-hybridized carbons (Fsp3) is 0.263. The number of nitrogens with one attached hydrogen (secondary N) is 2. The molecule has 0 unspecified atom stereocenters. The van der Waals surface area contributed by atoms with Gasteiger partial charge in [0, 0.05) is 22.6 Å². The Morgan fingerprint density at radius 3 is 2.54 bits per heavy atom. The summed E-state index contributed by atoms with van der Waals surface area (Å²) in [7, 11) is 3.11. The molecule has 0 aliphatic heterocycles. The number of rotatable bonds is 6. The van der Waals surface area contributed by atoms with Crippen LogP contribution in [0.3, 0.4) is 0 Å². The molecule has 138 valence electrons.